The molecule has 1 unspecified atom stereocenters. The minimum Gasteiger partial charge on any atom is -0.227 e. The minimum atomic E-state index is -0.439. The molecule has 1 heterocycles. The van der Waals surface area contributed by atoms with E-state index in [-0.39, 0.29) is 5.92 Å². The Hall–Kier alpha value is -0.150. The van der Waals surface area contributed by atoms with Gasteiger partial charge >= 0.3 is 0 Å². The molecule has 66 valence electrons. The van der Waals surface area contributed by atoms with E-state index in [1.54, 1.807) is 6.07 Å². The van der Waals surface area contributed by atoms with Crippen LogP contribution < -0.4 is 0 Å². The smallest absolute Gasteiger partial charge is 0.216 e. The van der Waals surface area contributed by atoms with Gasteiger partial charge in [0.05, 0.1) is 5.02 Å². The van der Waals surface area contributed by atoms with Crippen LogP contribution in [0.15, 0.2) is 12.3 Å². The van der Waals surface area contributed by atoms with Gasteiger partial charge in [-0.3, -0.25) is 0 Å². The number of rotatable bonds is 2. The van der Waals surface area contributed by atoms with Gasteiger partial charge in [-0.05, 0) is 12.0 Å². The van der Waals surface area contributed by atoms with Crippen LogP contribution in [0.4, 0.5) is 4.39 Å². The van der Waals surface area contributed by atoms with Crippen LogP contribution in [0, 0.1) is 5.95 Å². The molecular weight excluding hydrogens is 244 g/mol. The zero-order valence-corrected chi connectivity index (χ0v) is 8.86. The Labute approximate surface area is 84.1 Å². The first kappa shape index (κ1) is 9.93. The van der Waals surface area contributed by atoms with Crippen LogP contribution in [0.3, 0.4) is 0 Å². The lowest BCUT2D eigenvalue weighted by atomic mass is 10.1. The molecule has 0 amide bonds. The maximum absolute atomic E-state index is 13.0. The van der Waals surface area contributed by atoms with Crippen molar-refractivity contribution in [2.45, 2.75) is 12.8 Å². The molecule has 0 aliphatic heterocycles. The van der Waals surface area contributed by atoms with Crippen LogP contribution in [-0.4, -0.2) is 10.3 Å². The van der Waals surface area contributed by atoms with Gasteiger partial charge < -0.3 is 0 Å². The number of alkyl halides is 1. The van der Waals surface area contributed by atoms with E-state index in [0.29, 0.717) is 15.9 Å². The molecule has 0 aromatic carbocycles. The fourth-order valence-electron chi connectivity index (χ4n) is 0.867. The lowest BCUT2D eigenvalue weighted by molar-refractivity contribution is 0.558. The molecule has 1 aromatic rings. The summed E-state index contributed by atoms with van der Waals surface area (Å²) in [5.74, 6) is -0.345. The molecule has 0 saturated carbocycles. The van der Waals surface area contributed by atoms with E-state index in [1.165, 1.54) is 6.20 Å². The molecule has 0 saturated heterocycles. The topological polar surface area (TPSA) is 12.9 Å². The predicted octanol–water partition coefficient (Wildman–Crippen LogP) is 3.37. The van der Waals surface area contributed by atoms with Gasteiger partial charge in [0.1, 0.15) is 0 Å². The molecule has 1 rings (SSSR count). The van der Waals surface area contributed by atoms with E-state index in [9.17, 15) is 4.39 Å². The summed E-state index contributed by atoms with van der Waals surface area (Å²) in [4.78, 5) is 3.53. The summed E-state index contributed by atoms with van der Waals surface area (Å²) in [5, 5.41) is 1.17. The van der Waals surface area contributed by atoms with Crippen molar-refractivity contribution >= 4 is 27.5 Å². The Morgan fingerprint density at radius 2 is 2.42 bits per heavy atom. The number of halogens is 3. The van der Waals surface area contributed by atoms with E-state index >= 15 is 0 Å². The van der Waals surface area contributed by atoms with Crippen LogP contribution in [0.5, 0.6) is 0 Å². The van der Waals surface area contributed by atoms with Gasteiger partial charge in [0.15, 0.2) is 0 Å². The van der Waals surface area contributed by atoms with Gasteiger partial charge in [-0.1, -0.05) is 34.5 Å². The molecule has 0 N–H and O–H groups in total. The van der Waals surface area contributed by atoms with Gasteiger partial charge in [-0.25, -0.2) is 4.98 Å². The lowest BCUT2D eigenvalue weighted by Gasteiger charge is -2.08. The largest absolute Gasteiger partial charge is 0.227 e. The standard InChI is InChI=1S/C8H8BrClFN/c1-5(3-9)7-2-6(10)4-12-8(7)11/h2,4-5H,3H2,1H3. The molecule has 1 nitrogen and oxygen atoms in total. The first-order chi connectivity index (χ1) is 5.65. The SMILES string of the molecule is CC(CBr)c1cc(Cl)cnc1F. The maximum Gasteiger partial charge on any atom is 0.216 e. The number of hydrogen-bond donors (Lipinski definition) is 0. The molecule has 1 aromatic heterocycles. The van der Waals surface area contributed by atoms with Crippen molar-refractivity contribution in [3.8, 4) is 0 Å². The van der Waals surface area contributed by atoms with Crippen LogP contribution >= 0.6 is 27.5 Å². The fourth-order valence-corrected chi connectivity index (χ4v) is 1.38. The molecule has 1 atom stereocenters. The summed E-state index contributed by atoms with van der Waals surface area (Å²) in [5.41, 5.74) is 0.555. The highest BCUT2D eigenvalue weighted by atomic mass is 79.9. The van der Waals surface area contributed by atoms with Crippen LogP contribution in [0.2, 0.25) is 5.02 Å². The molecule has 12 heavy (non-hydrogen) atoms. The Balaban J connectivity index is 3.04. The van der Waals surface area contributed by atoms with E-state index < -0.39 is 5.95 Å². The third-order valence-electron chi connectivity index (χ3n) is 1.60. The average Bonchev–Trinajstić information content (AvgIpc) is 2.08. The molecule has 0 radical (unpaired) electrons. The monoisotopic (exact) mass is 251 g/mol. The summed E-state index contributed by atoms with van der Waals surface area (Å²) < 4.78 is 13.0. The Morgan fingerprint density at radius 1 is 1.75 bits per heavy atom. The van der Waals surface area contributed by atoms with Crippen LogP contribution in [0.25, 0.3) is 0 Å². The van der Waals surface area contributed by atoms with Crippen molar-refractivity contribution in [2.75, 3.05) is 5.33 Å². The summed E-state index contributed by atoms with van der Waals surface area (Å²) in [7, 11) is 0. The lowest BCUT2D eigenvalue weighted by Crippen LogP contribution is -2.00. The molecule has 0 fully saturated rings. The van der Waals surface area contributed by atoms with Crippen molar-refractivity contribution in [1.29, 1.82) is 0 Å². The molecule has 4 heteroatoms. The average molecular weight is 253 g/mol. The second-order valence-corrected chi connectivity index (χ2v) is 3.67. The normalized spacial score (nSPS) is 13.0. The van der Waals surface area contributed by atoms with Gasteiger partial charge in [-0.2, -0.15) is 4.39 Å². The van der Waals surface area contributed by atoms with Gasteiger partial charge in [0.2, 0.25) is 5.95 Å². The highest BCUT2D eigenvalue weighted by Gasteiger charge is 2.10. The number of nitrogens with zero attached hydrogens (tertiary/aromatic N) is 1. The predicted molar refractivity (Wildman–Crippen MR) is 51.4 cm³/mol. The zero-order valence-electron chi connectivity index (χ0n) is 6.52. The second-order valence-electron chi connectivity index (χ2n) is 2.59. The van der Waals surface area contributed by atoms with E-state index in [1.807, 2.05) is 6.92 Å². The van der Waals surface area contributed by atoms with Gasteiger partial charge in [0, 0.05) is 17.1 Å². The molecule has 0 spiro atoms. The van der Waals surface area contributed by atoms with Crippen molar-refractivity contribution in [2.24, 2.45) is 0 Å². The number of hydrogen-bond acceptors (Lipinski definition) is 1. The Bertz CT molecular complexity index is 280. The minimum absolute atomic E-state index is 0.0937. The quantitative estimate of drug-likeness (QED) is 0.581. The van der Waals surface area contributed by atoms with Crippen LogP contribution in [-0.2, 0) is 0 Å². The summed E-state index contributed by atoms with van der Waals surface area (Å²) in [6.07, 6.45) is 1.31. The summed E-state index contributed by atoms with van der Waals surface area (Å²) in [6.45, 7) is 1.91. The third kappa shape index (κ3) is 2.17. The molecule has 0 aliphatic rings. The molecular formula is C8H8BrClFN. The van der Waals surface area contributed by atoms with E-state index in [0.717, 1.165) is 0 Å². The molecule has 0 bridgehead atoms. The summed E-state index contributed by atoms with van der Waals surface area (Å²) >= 11 is 8.95. The highest BCUT2D eigenvalue weighted by molar-refractivity contribution is 9.09. The van der Waals surface area contributed by atoms with Crippen molar-refractivity contribution in [1.82, 2.24) is 4.98 Å². The van der Waals surface area contributed by atoms with Crippen molar-refractivity contribution in [3.05, 3.63) is 28.8 Å². The first-order valence-corrected chi connectivity index (χ1v) is 5.02. The molecule has 0 aliphatic carbocycles. The van der Waals surface area contributed by atoms with Gasteiger partial charge in [0.25, 0.3) is 0 Å². The Kier molecular flexibility index (Phi) is 3.47. The van der Waals surface area contributed by atoms with E-state index in [4.69, 9.17) is 11.6 Å². The van der Waals surface area contributed by atoms with Crippen LogP contribution in [0.1, 0.15) is 18.4 Å². The zero-order chi connectivity index (χ0) is 9.14. The number of pyridine rings is 1. The highest BCUT2D eigenvalue weighted by Crippen LogP contribution is 2.22. The summed E-state index contributed by atoms with van der Waals surface area (Å²) in [6, 6.07) is 1.61. The van der Waals surface area contributed by atoms with E-state index in [2.05, 4.69) is 20.9 Å². The Morgan fingerprint density at radius 3 is 3.00 bits per heavy atom. The van der Waals surface area contributed by atoms with Gasteiger partial charge in [-0.15, -0.1) is 0 Å². The maximum atomic E-state index is 13.0. The fraction of sp³-hybridized carbons (Fsp3) is 0.375. The second kappa shape index (κ2) is 4.19. The third-order valence-corrected chi connectivity index (χ3v) is 2.77. The van der Waals surface area contributed by atoms with Crippen molar-refractivity contribution in [3.63, 3.8) is 0 Å². The van der Waals surface area contributed by atoms with Crippen molar-refractivity contribution < 1.29 is 4.39 Å². The number of aromatic nitrogens is 1. The first-order valence-electron chi connectivity index (χ1n) is 3.52.